The number of methoxy groups -OCH3 is 1. The van der Waals surface area contributed by atoms with Gasteiger partial charge >= 0.3 is 6.03 Å². The lowest BCUT2D eigenvalue weighted by atomic mass is 9.79. The Balaban J connectivity index is 1.23. The number of amides is 3. The van der Waals surface area contributed by atoms with Crippen molar-refractivity contribution >= 4 is 11.9 Å². The van der Waals surface area contributed by atoms with E-state index in [4.69, 9.17) is 4.74 Å². The number of nitrogens with one attached hydrogen (secondary N) is 2. The number of hydrogen-bond acceptors (Lipinski definition) is 3. The van der Waals surface area contributed by atoms with Gasteiger partial charge in [0.25, 0.3) is 0 Å². The maximum absolute atomic E-state index is 12.7. The van der Waals surface area contributed by atoms with Crippen molar-refractivity contribution in [2.75, 3.05) is 20.2 Å². The van der Waals surface area contributed by atoms with Crippen molar-refractivity contribution in [2.45, 2.75) is 57.0 Å². The molecule has 170 valence electrons. The third-order valence-electron chi connectivity index (χ3n) is 6.73. The molecule has 0 radical (unpaired) electrons. The van der Waals surface area contributed by atoms with Gasteiger partial charge in [0.2, 0.25) is 5.91 Å². The summed E-state index contributed by atoms with van der Waals surface area (Å²) in [5, 5.41) is 6.35. The highest BCUT2D eigenvalue weighted by atomic mass is 16.5. The van der Waals surface area contributed by atoms with Crippen LogP contribution in [-0.4, -0.2) is 48.6 Å². The van der Waals surface area contributed by atoms with E-state index in [9.17, 15) is 9.59 Å². The van der Waals surface area contributed by atoms with Crippen molar-refractivity contribution < 1.29 is 14.3 Å². The van der Waals surface area contributed by atoms with Gasteiger partial charge in [-0.15, -0.1) is 0 Å². The average molecular weight is 436 g/mol. The molecule has 0 spiro atoms. The summed E-state index contributed by atoms with van der Waals surface area (Å²) in [6, 6.07) is 16.1. The number of piperidine rings is 1. The number of rotatable bonds is 5. The Morgan fingerprint density at radius 3 is 2.59 bits per heavy atom. The minimum Gasteiger partial charge on any atom is -0.497 e. The molecule has 2 aromatic rings. The number of carbonyl (C=O) groups is 2. The van der Waals surface area contributed by atoms with E-state index >= 15 is 0 Å². The highest BCUT2D eigenvalue weighted by Gasteiger charge is 2.32. The normalized spacial score (nSPS) is 20.9. The molecule has 3 amide bonds. The number of likely N-dealkylation sites (tertiary alicyclic amines) is 1. The van der Waals surface area contributed by atoms with E-state index in [1.165, 1.54) is 11.1 Å². The summed E-state index contributed by atoms with van der Waals surface area (Å²) in [5.41, 5.74) is 3.44. The highest BCUT2D eigenvalue weighted by molar-refractivity contribution is 5.79. The summed E-state index contributed by atoms with van der Waals surface area (Å²) in [5.74, 6) is 0.883. The molecule has 0 bridgehead atoms. The van der Waals surface area contributed by atoms with Gasteiger partial charge in [-0.1, -0.05) is 36.4 Å². The molecule has 2 N–H and O–H groups in total. The van der Waals surface area contributed by atoms with Crippen LogP contribution in [0.5, 0.6) is 5.75 Å². The van der Waals surface area contributed by atoms with Crippen LogP contribution < -0.4 is 15.4 Å². The number of hydrogen-bond donors (Lipinski definition) is 2. The van der Waals surface area contributed by atoms with E-state index in [2.05, 4.69) is 41.8 Å². The zero-order chi connectivity index (χ0) is 22.6. The fraction of sp³-hybridized carbons (Fsp3) is 0.462. The first-order valence-electron chi connectivity index (χ1n) is 11.5. The maximum Gasteiger partial charge on any atom is 0.315 e. The molecular weight excluding hydrogens is 402 g/mol. The van der Waals surface area contributed by atoms with Crippen LogP contribution in [0.1, 0.15) is 42.9 Å². The molecule has 6 heteroatoms. The van der Waals surface area contributed by atoms with Crippen LogP contribution in [0.15, 0.2) is 48.5 Å². The molecule has 0 aromatic heterocycles. The zero-order valence-corrected chi connectivity index (χ0v) is 19.0. The van der Waals surface area contributed by atoms with Crippen molar-refractivity contribution in [3.8, 4) is 5.75 Å². The quantitative estimate of drug-likeness (QED) is 0.756. The minimum atomic E-state index is -0.230. The Kier molecular flexibility index (Phi) is 6.68. The van der Waals surface area contributed by atoms with Gasteiger partial charge in [0.05, 0.1) is 13.5 Å². The van der Waals surface area contributed by atoms with Crippen LogP contribution >= 0.6 is 0 Å². The fourth-order valence-electron chi connectivity index (χ4n) is 4.84. The molecule has 1 fully saturated rings. The highest BCUT2D eigenvalue weighted by Crippen LogP contribution is 2.28. The van der Waals surface area contributed by atoms with Crippen LogP contribution in [0.2, 0.25) is 0 Å². The number of urea groups is 1. The molecule has 4 rings (SSSR count). The number of aryl methyl sites for hydroxylation is 1. The number of ether oxygens (including phenoxy) is 1. The Morgan fingerprint density at radius 1 is 1.09 bits per heavy atom. The summed E-state index contributed by atoms with van der Waals surface area (Å²) in [6.07, 6.45) is 4.70. The van der Waals surface area contributed by atoms with E-state index in [-0.39, 0.29) is 23.5 Å². The molecule has 1 atom stereocenters. The molecule has 32 heavy (non-hydrogen) atoms. The summed E-state index contributed by atoms with van der Waals surface area (Å²) in [6.45, 7) is 3.46. The van der Waals surface area contributed by atoms with Crippen LogP contribution in [0.4, 0.5) is 4.79 Å². The number of nitrogens with zero attached hydrogens (tertiary/aromatic N) is 1. The van der Waals surface area contributed by atoms with Crippen LogP contribution in [0.3, 0.4) is 0 Å². The SMILES string of the molecule is COc1cccc(CC(=O)N2CCC(NC(=O)NC3(C)CCc4ccccc4C3)CC2)c1. The number of benzene rings is 2. The first-order chi connectivity index (χ1) is 15.4. The van der Waals surface area contributed by atoms with E-state index in [1.807, 2.05) is 29.2 Å². The summed E-state index contributed by atoms with van der Waals surface area (Å²) in [4.78, 5) is 27.3. The third-order valence-corrected chi connectivity index (χ3v) is 6.73. The molecule has 1 unspecified atom stereocenters. The van der Waals surface area contributed by atoms with Crippen molar-refractivity contribution in [3.63, 3.8) is 0 Å². The lowest BCUT2D eigenvalue weighted by Crippen LogP contribution is -2.56. The van der Waals surface area contributed by atoms with E-state index < -0.39 is 0 Å². The van der Waals surface area contributed by atoms with Gasteiger partial charge in [-0.05, 0) is 67.9 Å². The molecule has 1 aliphatic carbocycles. The molecule has 0 saturated carbocycles. The van der Waals surface area contributed by atoms with Crippen molar-refractivity contribution in [3.05, 3.63) is 65.2 Å². The topological polar surface area (TPSA) is 70.7 Å². The minimum absolute atomic E-state index is 0.0929. The zero-order valence-electron chi connectivity index (χ0n) is 19.0. The van der Waals surface area contributed by atoms with Gasteiger partial charge in [-0.3, -0.25) is 4.79 Å². The first kappa shape index (κ1) is 22.2. The van der Waals surface area contributed by atoms with Gasteiger partial charge in [0, 0.05) is 24.7 Å². The van der Waals surface area contributed by atoms with Crippen LogP contribution in [-0.2, 0) is 24.1 Å². The van der Waals surface area contributed by atoms with Crippen molar-refractivity contribution in [1.82, 2.24) is 15.5 Å². The summed E-state index contributed by atoms with van der Waals surface area (Å²) in [7, 11) is 1.63. The molecule has 2 aliphatic rings. The molecule has 1 heterocycles. The van der Waals surface area contributed by atoms with Gasteiger partial charge in [-0.25, -0.2) is 4.79 Å². The largest absolute Gasteiger partial charge is 0.497 e. The third kappa shape index (κ3) is 5.42. The summed E-state index contributed by atoms with van der Waals surface area (Å²) >= 11 is 0. The average Bonchev–Trinajstić information content (AvgIpc) is 2.79. The van der Waals surface area contributed by atoms with Gasteiger partial charge in [0.15, 0.2) is 0 Å². The van der Waals surface area contributed by atoms with E-state index in [1.54, 1.807) is 7.11 Å². The Morgan fingerprint density at radius 2 is 1.84 bits per heavy atom. The lowest BCUT2D eigenvalue weighted by molar-refractivity contribution is -0.131. The summed E-state index contributed by atoms with van der Waals surface area (Å²) < 4.78 is 5.24. The van der Waals surface area contributed by atoms with E-state index in [0.717, 1.165) is 43.4 Å². The van der Waals surface area contributed by atoms with Crippen LogP contribution in [0.25, 0.3) is 0 Å². The van der Waals surface area contributed by atoms with Crippen molar-refractivity contribution in [1.29, 1.82) is 0 Å². The predicted octanol–water partition coefficient (Wildman–Crippen LogP) is 3.48. The second-order valence-corrected chi connectivity index (χ2v) is 9.29. The number of fused-ring (bicyclic) bond motifs is 1. The standard InChI is InChI=1S/C26H33N3O3/c1-26(13-10-20-7-3-4-8-21(20)18-26)28-25(31)27-22-11-14-29(15-12-22)24(30)17-19-6-5-9-23(16-19)32-2/h3-9,16,22H,10-15,17-18H2,1-2H3,(H2,27,28,31). The number of carbonyl (C=O) groups excluding carboxylic acids is 2. The fourth-order valence-corrected chi connectivity index (χ4v) is 4.84. The van der Waals surface area contributed by atoms with Crippen LogP contribution in [0, 0.1) is 0 Å². The van der Waals surface area contributed by atoms with Gasteiger partial charge < -0.3 is 20.3 Å². The Bertz CT molecular complexity index is 968. The molecule has 6 nitrogen and oxygen atoms in total. The van der Waals surface area contributed by atoms with Crippen molar-refractivity contribution in [2.24, 2.45) is 0 Å². The lowest BCUT2D eigenvalue weighted by Gasteiger charge is -2.37. The Hall–Kier alpha value is -3.02. The monoisotopic (exact) mass is 435 g/mol. The first-order valence-corrected chi connectivity index (χ1v) is 11.5. The van der Waals surface area contributed by atoms with E-state index in [0.29, 0.717) is 19.5 Å². The predicted molar refractivity (Wildman–Crippen MR) is 125 cm³/mol. The maximum atomic E-state index is 12.7. The molecule has 1 aliphatic heterocycles. The smallest absolute Gasteiger partial charge is 0.315 e. The van der Waals surface area contributed by atoms with Gasteiger partial charge in [-0.2, -0.15) is 0 Å². The second kappa shape index (κ2) is 9.63. The van der Waals surface area contributed by atoms with Gasteiger partial charge in [0.1, 0.15) is 5.75 Å². The molecule has 2 aromatic carbocycles. The second-order valence-electron chi connectivity index (χ2n) is 9.29. The molecule has 1 saturated heterocycles. The molecular formula is C26H33N3O3. The Labute approximate surface area is 190 Å².